The van der Waals surface area contributed by atoms with E-state index in [1.54, 1.807) is 18.2 Å². The number of hydrogen-bond donors (Lipinski definition) is 0. The molecule has 0 unspecified atom stereocenters. The first-order valence-corrected chi connectivity index (χ1v) is 9.64. The van der Waals surface area contributed by atoms with E-state index in [-0.39, 0.29) is 45.5 Å². The molecule has 0 N–H and O–H groups in total. The van der Waals surface area contributed by atoms with Gasteiger partial charge in [0.15, 0.2) is 28.6 Å². The van der Waals surface area contributed by atoms with Crippen LogP contribution in [0.25, 0.3) is 22.3 Å². The second-order valence-electron chi connectivity index (χ2n) is 6.59. The Morgan fingerprint density at radius 3 is 1.82 bits per heavy atom. The summed E-state index contributed by atoms with van der Waals surface area (Å²) >= 11 is 0. The molecule has 0 spiro atoms. The van der Waals surface area contributed by atoms with Gasteiger partial charge < -0.3 is 37.6 Å². The molecule has 0 fully saturated rings. The Morgan fingerprint density at radius 2 is 1.30 bits per heavy atom. The van der Waals surface area contributed by atoms with Crippen molar-refractivity contribution in [3.8, 4) is 51.6 Å². The van der Waals surface area contributed by atoms with Gasteiger partial charge in [-0.3, -0.25) is 9.59 Å². The largest absolute Gasteiger partial charge is 0.493 e. The Hall–Kier alpha value is -4.08. The van der Waals surface area contributed by atoms with Crippen molar-refractivity contribution in [3.63, 3.8) is 0 Å². The molecule has 0 saturated carbocycles. The van der Waals surface area contributed by atoms with E-state index in [4.69, 9.17) is 37.6 Å². The van der Waals surface area contributed by atoms with E-state index in [1.807, 2.05) is 0 Å². The smallest absolute Gasteiger partial charge is 0.308 e. The first-order valence-electron chi connectivity index (χ1n) is 9.64. The quantitative estimate of drug-likeness (QED) is 0.463. The molecule has 0 bridgehead atoms. The number of methoxy groups -OCH3 is 6. The monoisotopic (exact) mass is 460 g/mol. The summed E-state index contributed by atoms with van der Waals surface area (Å²) in [6.07, 6.45) is 0. The summed E-state index contributed by atoms with van der Waals surface area (Å²) in [5.41, 5.74) is -0.274. The van der Waals surface area contributed by atoms with Crippen molar-refractivity contribution in [3.05, 3.63) is 28.4 Å². The fourth-order valence-corrected chi connectivity index (χ4v) is 3.46. The number of carbonyl (C=O) groups excluding carboxylic acids is 1. The van der Waals surface area contributed by atoms with E-state index in [9.17, 15) is 9.59 Å². The molecule has 0 aliphatic carbocycles. The highest BCUT2D eigenvalue weighted by molar-refractivity contribution is 5.97. The number of carbonyl (C=O) groups is 1. The molecule has 0 aliphatic heterocycles. The van der Waals surface area contributed by atoms with Gasteiger partial charge in [0.25, 0.3) is 0 Å². The van der Waals surface area contributed by atoms with Crippen LogP contribution in [0.4, 0.5) is 0 Å². The summed E-state index contributed by atoms with van der Waals surface area (Å²) in [5, 5.41) is -0.0486. The number of fused-ring (bicyclic) bond motifs is 1. The Balaban J connectivity index is 2.54. The van der Waals surface area contributed by atoms with E-state index >= 15 is 0 Å². The van der Waals surface area contributed by atoms with Crippen LogP contribution in [0.3, 0.4) is 0 Å². The molecule has 2 aromatic carbocycles. The van der Waals surface area contributed by atoms with Crippen molar-refractivity contribution in [2.45, 2.75) is 6.92 Å². The van der Waals surface area contributed by atoms with Crippen LogP contribution in [0.5, 0.6) is 40.2 Å². The molecule has 1 aromatic heterocycles. The van der Waals surface area contributed by atoms with Crippen LogP contribution >= 0.6 is 0 Å². The Bertz CT molecular complexity index is 1260. The molecule has 10 heteroatoms. The second-order valence-corrected chi connectivity index (χ2v) is 6.59. The molecule has 176 valence electrons. The van der Waals surface area contributed by atoms with E-state index in [2.05, 4.69) is 0 Å². The summed E-state index contributed by atoms with van der Waals surface area (Å²) in [5.74, 6) is 0.160. The highest BCUT2D eigenvalue weighted by Gasteiger charge is 2.31. The van der Waals surface area contributed by atoms with E-state index in [0.717, 1.165) is 0 Å². The zero-order valence-electron chi connectivity index (χ0n) is 19.3. The lowest BCUT2D eigenvalue weighted by Crippen LogP contribution is -2.15. The van der Waals surface area contributed by atoms with Crippen molar-refractivity contribution in [1.82, 2.24) is 0 Å². The zero-order valence-corrected chi connectivity index (χ0v) is 19.3. The van der Waals surface area contributed by atoms with Gasteiger partial charge in [-0.15, -0.1) is 0 Å². The van der Waals surface area contributed by atoms with Crippen LogP contribution in [0.1, 0.15) is 6.92 Å². The van der Waals surface area contributed by atoms with Crippen molar-refractivity contribution >= 4 is 16.9 Å². The van der Waals surface area contributed by atoms with Gasteiger partial charge in [0, 0.05) is 12.5 Å². The van der Waals surface area contributed by atoms with E-state index in [1.165, 1.54) is 49.6 Å². The lowest BCUT2D eigenvalue weighted by Gasteiger charge is -2.19. The fraction of sp³-hybridized carbons (Fsp3) is 0.304. The lowest BCUT2D eigenvalue weighted by molar-refractivity contribution is -0.132. The van der Waals surface area contributed by atoms with Crippen molar-refractivity contribution in [2.75, 3.05) is 42.7 Å². The Labute approximate surface area is 189 Å². The van der Waals surface area contributed by atoms with Crippen LogP contribution in [-0.4, -0.2) is 48.6 Å². The van der Waals surface area contributed by atoms with Crippen LogP contribution < -0.4 is 38.6 Å². The van der Waals surface area contributed by atoms with Gasteiger partial charge in [0.2, 0.25) is 28.4 Å². The summed E-state index contributed by atoms with van der Waals surface area (Å²) in [6.45, 7) is 1.18. The van der Waals surface area contributed by atoms with Gasteiger partial charge in [-0.2, -0.15) is 0 Å². The number of hydrogen-bond acceptors (Lipinski definition) is 10. The average molecular weight is 460 g/mol. The number of esters is 1. The highest BCUT2D eigenvalue weighted by atomic mass is 16.6. The molecule has 3 aromatic rings. The van der Waals surface area contributed by atoms with Crippen molar-refractivity contribution in [2.24, 2.45) is 0 Å². The molecule has 0 atom stereocenters. The maximum Gasteiger partial charge on any atom is 0.308 e. The van der Waals surface area contributed by atoms with Gasteiger partial charge in [0.05, 0.1) is 42.7 Å². The summed E-state index contributed by atoms with van der Waals surface area (Å²) in [4.78, 5) is 25.5. The normalized spacial score (nSPS) is 10.5. The number of ether oxygens (including phenoxy) is 7. The third-order valence-electron chi connectivity index (χ3n) is 4.83. The Morgan fingerprint density at radius 1 is 0.727 bits per heavy atom. The molecule has 0 radical (unpaired) electrons. The van der Waals surface area contributed by atoms with E-state index < -0.39 is 11.4 Å². The predicted molar refractivity (Wildman–Crippen MR) is 119 cm³/mol. The standard InChI is InChI=1S/C23H24O10/c1-11(24)32-20-16(25)15-18(28-4)21(29-5)23(31-7)22(30-6)19(15)33-17(20)12-8-9-13(26-2)14(10-12)27-3/h8-10H,1-7H3. The van der Waals surface area contributed by atoms with Crippen LogP contribution in [0, 0.1) is 0 Å². The van der Waals surface area contributed by atoms with Gasteiger partial charge in [-0.25, -0.2) is 0 Å². The van der Waals surface area contributed by atoms with Crippen LogP contribution in [0.15, 0.2) is 27.4 Å². The molecule has 33 heavy (non-hydrogen) atoms. The summed E-state index contributed by atoms with van der Waals surface area (Å²) in [6, 6.07) is 4.84. The topological polar surface area (TPSA) is 112 Å². The first-order chi connectivity index (χ1) is 15.9. The molecule has 0 saturated heterocycles. The summed E-state index contributed by atoms with van der Waals surface area (Å²) < 4.78 is 43.8. The third kappa shape index (κ3) is 3.95. The highest BCUT2D eigenvalue weighted by Crippen LogP contribution is 2.51. The van der Waals surface area contributed by atoms with Crippen molar-refractivity contribution in [1.29, 1.82) is 0 Å². The molecular formula is C23H24O10. The van der Waals surface area contributed by atoms with Gasteiger partial charge in [0.1, 0.15) is 5.39 Å². The molecule has 1 heterocycles. The summed E-state index contributed by atoms with van der Waals surface area (Å²) in [7, 11) is 8.51. The lowest BCUT2D eigenvalue weighted by atomic mass is 10.1. The third-order valence-corrected chi connectivity index (χ3v) is 4.83. The van der Waals surface area contributed by atoms with Crippen LogP contribution in [-0.2, 0) is 4.79 Å². The molecular weight excluding hydrogens is 436 g/mol. The molecule has 0 aliphatic rings. The van der Waals surface area contributed by atoms with Gasteiger partial charge in [-0.05, 0) is 18.2 Å². The maximum absolute atomic E-state index is 13.6. The second kappa shape index (κ2) is 9.60. The van der Waals surface area contributed by atoms with Gasteiger partial charge in [-0.1, -0.05) is 0 Å². The minimum Gasteiger partial charge on any atom is -0.493 e. The minimum atomic E-state index is -0.713. The van der Waals surface area contributed by atoms with Crippen molar-refractivity contribution < 1.29 is 42.4 Å². The maximum atomic E-state index is 13.6. The predicted octanol–water partition coefficient (Wildman–Crippen LogP) is 3.44. The Kier molecular flexibility index (Phi) is 6.86. The minimum absolute atomic E-state index is 0.0117. The molecule has 0 amide bonds. The van der Waals surface area contributed by atoms with Crippen LogP contribution in [0.2, 0.25) is 0 Å². The van der Waals surface area contributed by atoms with E-state index in [0.29, 0.717) is 17.1 Å². The first kappa shape index (κ1) is 23.6. The number of benzene rings is 2. The molecule has 10 nitrogen and oxygen atoms in total. The number of rotatable bonds is 8. The average Bonchev–Trinajstić information content (AvgIpc) is 2.82. The SMILES string of the molecule is COc1ccc(-c2oc3c(OC)c(OC)c(OC)c(OC)c3c(=O)c2OC(C)=O)cc1OC. The fourth-order valence-electron chi connectivity index (χ4n) is 3.46. The zero-order chi connectivity index (χ0) is 24.3. The molecule has 3 rings (SSSR count). The van der Waals surface area contributed by atoms with Gasteiger partial charge >= 0.3 is 5.97 Å².